The zero-order chi connectivity index (χ0) is 10.4. The van der Waals surface area contributed by atoms with Crippen molar-refractivity contribution in [2.24, 2.45) is 0 Å². The van der Waals surface area contributed by atoms with E-state index in [2.05, 4.69) is 4.74 Å². The minimum atomic E-state index is -1.75. The third kappa shape index (κ3) is 5.15. The molecule has 0 aliphatic rings. The molecule has 0 radical (unpaired) electrons. The van der Waals surface area contributed by atoms with Crippen LogP contribution in [0.2, 0.25) is 0 Å². The molecule has 0 bridgehead atoms. The summed E-state index contributed by atoms with van der Waals surface area (Å²) in [6.07, 6.45) is -3.05. The third-order valence-electron chi connectivity index (χ3n) is 1.23. The molecule has 0 fully saturated rings. The number of carbonyl (C=O) groups excluding carboxylic acids is 1. The molecule has 0 aliphatic carbocycles. The lowest BCUT2D eigenvalue weighted by Gasteiger charge is -2.10. The molecule has 76 valence electrons. The number of carboxylic acid groups (broad SMARTS) is 1. The van der Waals surface area contributed by atoms with Crippen LogP contribution in [0.25, 0.3) is 0 Å². The molecule has 0 spiro atoms. The number of ether oxygens (including phenoxy) is 1. The van der Waals surface area contributed by atoms with Gasteiger partial charge in [-0.25, -0.2) is 4.79 Å². The molecule has 0 heterocycles. The minimum Gasteiger partial charge on any atom is -0.479 e. The molecule has 3 N–H and O–H groups in total. The van der Waals surface area contributed by atoms with Crippen LogP contribution in [0.5, 0.6) is 0 Å². The van der Waals surface area contributed by atoms with E-state index in [9.17, 15) is 9.59 Å². The Balaban J connectivity index is 3.81. The predicted molar refractivity (Wildman–Crippen MR) is 40.9 cm³/mol. The molecule has 2 atom stereocenters. The van der Waals surface area contributed by atoms with Crippen molar-refractivity contribution >= 4 is 11.9 Å². The van der Waals surface area contributed by atoms with Crippen LogP contribution in [0.1, 0.15) is 13.3 Å². The van der Waals surface area contributed by atoms with Gasteiger partial charge in [0, 0.05) is 0 Å². The second-order valence-corrected chi connectivity index (χ2v) is 2.54. The summed E-state index contributed by atoms with van der Waals surface area (Å²) in [6, 6.07) is 0. The van der Waals surface area contributed by atoms with Gasteiger partial charge in [-0.15, -0.1) is 0 Å². The number of aliphatic hydroxyl groups is 2. The quantitative estimate of drug-likeness (QED) is 0.470. The van der Waals surface area contributed by atoms with Crippen molar-refractivity contribution in [3.05, 3.63) is 0 Å². The summed E-state index contributed by atoms with van der Waals surface area (Å²) in [5.41, 5.74) is 0. The molecule has 0 aromatic rings. The van der Waals surface area contributed by atoms with Crippen LogP contribution in [0, 0.1) is 0 Å². The van der Waals surface area contributed by atoms with Gasteiger partial charge in [0.15, 0.2) is 6.10 Å². The van der Waals surface area contributed by atoms with Crippen LogP contribution in [-0.4, -0.2) is 46.1 Å². The maximum Gasteiger partial charge on any atom is 0.333 e. The Morgan fingerprint density at radius 3 is 2.38 bits per heavy atom. The molecule has 0 aromatic heterocycles. The van der Waals surface area contributed by atoms with Crippen LogP contribution < -0.4 is 0 Å². The normalized spacial score (nSPS) is 14.7. The number of aliphatic carboxylic acids is 1. The zero-order valence-corrected chi connectivity index (χ0v) is 7.14. The summed E-state index contributed by atoms with van der Waals surface area (Å²) >= 11 is 0. The predicted octanol–water partition coefficient (Wildman–Crippen LogP) is -1.25. The van der Waals surface area contributed by atoms with Gasteiger partial charge in [-0.2, -0.15) is 0 Å². The van der Waals surface area contributed by atoms with Crippen molar-refractivity contribution in [2.45, 2.75) is 25.6 Å². The lowest BCUT2D eigenvalue weighted by atomic mass is 10.2. The number of aliphatic hydroxyl groups excluding tert-OH is 2. The van der Waals surface area contributed by atoms with Crippen molar-refractivity contribution in [3.8, 4) is 0 Å². The van der Waals surface area contributed by atoms with Crippen LogP contribution in [0.15, 0.2) is 0 Å². The summed E-state index contributed by atoms with van der Waals surface area (Å²) in [4.78, 5) is 20.9. The molecule has 0 aliphatic heterocycles. The molecular weight excluding hydrogens is 180 g/mol. The summed E-state index contributed by atoms with van der Waals surface area (Å²) in [6.45, 7) is 1.11. The highest BCUT2D eigenvalue weighted by Gasteiger charge is 2.19. The summed E-state index contributed by atoms with van der Waals surface area (Å²) < 4.78 is 4.51. The van der Waals surface area contributed by atoms with E-state index in [1.807, 2.05) is 0 Å². The summed E-state index contributed by atoms with van der Waals surface area (Å²) in [7, 11) is 0. The Morgan fingerprint density at radius 1 is 1.46 bits per heavy atom. The lowest BCUT2D eigenvalue weighted by molar-refractivity contribution is -0.159. The number of hydrogen-bond acceptors (Lipinski definition) is 5. The van der Waals surface area contributed by atoms with E-state index in [1.54, 1.807) is 0 Å². The first-order chi connectivity index (χ1) is 5.97. The van der Waals surface area contributed by atoms with Gasteiger partial charge in [-0.1, -0.05) is 0 Å². The Hall–Kier alpha value is -1.14. The van der Waals surface area contributed by atoms with Crippen molar-refractivity contribution in [2.75, 3.05) is 6.61 Å². The third-order valence-corrected chi connectivity index (χ3v) is 1.23. The van der Waals surface area contributed by atoms with E-state index in [0.717, 1.165) is 0 Å². The van der Waals surface area contributed by atoms with Crippen molar-refractivity contribution in [1.82, 2.24) is 0 Å². The second-order valence-electron chi connectivity index (χ2n) is 2.54. The van der Waals surface area contributed by atoms with Crippen molar-refractivity contribution in [3.63, 3.8) is 0 Å². The average Bonchev–Trinajstić information content (AvgIpc) is 2.03. The van der Waals surface area contributed by atoms with Gasteiger partial charge in [0.25, 0.3) is 0 Å². The van der Waals surface area contributed by atoms with Gasteiger partial charge in [0.1, 0.15) is 6.10 Å². The maximum atomic E-state index is 10.8. The van der Waals surface area contributed by atoms with Crippen molar-refractivity contribution in [1.29, 1.82) is 0 Å². The standard InChI is InChI=1S/C7H12O6/c1-4(3-8)13-6(10)2-5(9)7(11)12/h4-5,8-9H,2-3H2,1H3,(H,11,12). The lowest BCUT2D eigenvalue weighted by Crippen LogP contribution is -2.27. The zero-order valence-electron chi connectivity index (χ0n) is 7.14. The Bertz CT molecular complexity index is 189. The first-order valence-electron chi connectivity index (χ1n) is 3.68. The molecule has 0 saturated heterocycles. The highest BCUT2D eigenvalue weighted by Crippen LogP contribution is 1.98. The Labute approximate surface area is 74.7 Å². The van der Waals surface area contributed by atoms with Gasteiger partial charge in [0.05, 0.1) is 13.0 Å². The van der Waals surface area contributed by atoms with Gasteiger partial charge in [-0.05, 0) is 6.92 Å². The number of rotatable bonds is 5. The minimum absolute atomic E-state index is 0.338. The molecule has 0 saturated carbocycles. The summed E-state index contributed by atoms with van der Waals surface area (Å²) in [5, 5.41) is 25.4. The number of carboxylic acids is 1. The average molecular weight is 192 g/mol. The molecule has 0 rings (SSSR count). The Kier molecular flexibility index (Phi) is 5.01. The summed E-state index contributed by atoms with van der Waals surface area (Å²) in [5.74, 6) is -2.33. The molecule has 2 unspecified atom stereocenters. The van der Waals surface area contributed by atoms with Crippen molar-refractivity contribution < 1.29 is 29.6 Å². The SMILES string of the molecule is CC(CO)OC(=O)CC(O)C(=O)O. The molecule has 13 heavy (non-hydrogen) atoms. The van der Waals surface area contributed by atoms with Crippen LogP contribution >= 0.6 is 0 Å². The smallest absolute Gasteiger partial charge is 0.333 e. The molecule has 6 nitrogen and oxygen atoms in total. The van der Waals surface area contributed by atoms with E-state index in [1.165, 1.54) is 6.92 Å². The van der Waals surface area contributed by atoms with Gasteiger partial charge < -0.3 is 20.1 Å². The topological polar surface area (TPSA) is 104 Å². The van der Waals surface area contributed by atoms with Crippen LogP contribution in [0.3, 0.4) is 0 Å². The maximum absolute atomic E-state index is 10.8. The van der Waals surface area contributed by atoms with Gasteiger partial charge >= 0.3 is 11.9 Å². The van der Waals surface area contributed by atoms with E-state index in [0.29, 0.717) is 0 Å². The van der Waals surface area contributed by atoms with Gasteiger partial charge in [-0.3, -0.25) is 4.79 Å². The largest absolute Gasteiger partial charge is 0.479 e. The fraction of sp³-hybridized carbons (Fsp3) is 0.714. The molecular formula is C7H12O6. The molecule has 6 heteroatoms. The van der Waals surface area contributed by atoms with E-state index >= 15 is 0 Å². The number of hydrogen-bond donors (Lipinski definition) is 3. The highest BCUT2D eigenvalue weighted by atomic mass is 16.6. The number of carbonyl (C=O) groups is 2. The highest BCUT2D eigenvalue weighted by molar-refractivity contribution is 5.80. The number of esters is 1. The molecule has 0 amide bonds. The Morgan fingerprint density at radius 2 is 2.00 bits per heavy atom. The fourth-order valence-corrected chi connectivity index (χ4v) is 0.555. The fourth-order valence-electron chi connectivity index (χ4n) is 0.555. The van der Waals surface area contributed by atoms with Crippen LogP contribution in [-0.2, 0) is 14.3 Å². The first-order valence-corrected chi connectivity index (χ1v) is 3.68. The monoisotopic (exact) mass is 192 g/mol. The van der Waals surface area contributed by atoms with Crippen LogP contribution in [0.4, 0.5) is 0 Å². The van der Waals surface area contributed by atoms with E-state index in [4.69, 9.17) is 15.3 Å². The van der Waals surface area contributed by atoms with Gasteiger partial charge in [0.2, 0.25) is 0 Å². The molecule has 0 aromatic carbocycles. The van der Waals surface area contributed by atoms with E-state index in [-0.39, 0.29) is 6.61 Å². The first kappa shape index (κ1) is 11.9. The second kappa shape index (κ2) is 5.50. The van der Waals surface area contributed by atoms with E-state index < -0.39 is 30.6 Å².